The topological polar surface area (TPSA) is 54.7 Å². The minimum absolute atomic E-state index is 0.605. The molecule has 1 atom stereocenters. The molecule has 3 rings (SSSR count). The van der Waals surface area contributed by atoms with Crippen molar-refractivity contribution < 1.29 is 0 Å². The summed E-state index contributed by atoms with van der Waals surface area (Å²) in [5.74, 6) is 1.58. The number of aromatic nitrogens is 2. The van der Waals surface area contributed by atoms with E-state index in [1.54, 1.807) is 0 Å². The van der Waals surface area contributed by atoms with Crippen LogP contribution in [0.25, 0.3) is 11.4 Å². The number of fused-ring (bicyclic) bond motifs is 1. The molecule has 0 radical (unpaired) electrons. The molecule has 0 spiro atoms. The zero-order valence-electron chi connectivity index (χ0n) is 10.1. The van der Waals surface area contributed by atoms with Crippen LogP contribution in [-0.2, 0) is 12.8 Å². The van der Waals surface area contributed by atoms with Crippen LogP contribution in [0.3, 0.4) is 0 Å². The minimum Gasteiger partial charge on any atom is -0.342 e. The van der Waals surface area contributed by atoms with Gasteiger partial charge in [-0.05, 0) is 43.9 Å². The number of halogens is 1. The fraction of sp³-hybridized carbons (Fsp3) is 0.357. The molecule has 4 heteroatoms. The van der Waals surface area contributed by atoms with Crippen LogP contribution >= 0.6 is 15.9 Å². The van der Waals surface area contributed by atoms with Gasteiger partial charge in [0.2, 0.25) is 0 Å². The van der Waals surface area contributed by atoms with Crippen LogP contribution in [0.15, 0.2) is 28.7 Å². The average molecular weight is 306 g/mol. The average Bonchev–Trinajstić information content (AvgIpc) is 2.81. The smallest absolute Gasteiger partial charge is 0.137 e. The zero-order chi connectivity index (χ0) is 12.5. The Hall–Kier alpha value is -1.13. The molecule has 0 fully saturated rings. The van der Waals surface area contributed by atoms with Gasteiger partial charge in [0.05, 0.1) is 5.69 Å². The Balaban J connectivity index is 1.94. The summed E-state index contributed by atoms with van der Waals surface area (Å²) in [6.45, 7) is 0.769. The minimum atomic E-state index is 0.605. The van der Waals surface area contributed by atoms with Gasteiger partial charge in [-0.3, -0.25) is 0 Å². The third kappa shape index (κ3) is 2.22. The maximum atomic E-state index is 5.76. The predicted molar refractivity (Wildman–Crippen MR) is 76.3 cm³/mol. The van der Waals surface area contributed by atoms with Gasteiger partial charge in [0.15, 0.2) is 0 Å². The van der Waals surface area contributed by atoms with E-state index in [-0.39, 0.29) is 0 Å². The molecule has 1 aromatic carbocycles. The molecule has 0 bridgehead atoms. The molecule has 0 saturated carbocycles. The van der Waals surface area contributed by atoms with E-state index in [1.165, 1.54) is 11.4 Å². The number of nitrogens with one attached hydrogen (secondary N) is 1. The maximum Gasteiger partial charge on any atom is 0.137 e. The van der Waals surface area contributed by atoms with E-state index >= 15 is 0 Å². The molecule has 0 amide bonds. The largest absolute Gasteiger partial charge is 0.342 e. The van der Waals surface area contributed by atoms with Gasteiger partial charge in [-0.15, -0.1) is 0 Å². The fourth-order valence-electron chi connectivity index (χ4n) is 2.53. The summed E-state index contributed by atoms with van der Waals surface area (Å²) in [5.41, 5.74) is 9.37. The number of aromatic amines is 1. The molecule has 0 aliphatic heterocycles. The SMILES string of the molecule is NCC1CCc2nc(-c3cccc(Br)c3)[nH]c2C1. The van der Waals surface area contributed by atoms with Crippen molar-refractivity contribution in [1.82, 2.24) is 9.97 Å². The highest BCUT2D eigenvalue weighted by atomic mass is 79.9. The number of imidazole rings is 1. The van der Waals surface area contributed by atoms with Crippen LogP contribution in [0.4, 0.5) is 0 Å². The van der Waals surface area contributed by atoms with Crippen LogP contribution in [0, 0.1) is 5.92 Å². The molecule has 3 nitrogen and oxygen atoms in total. The van der Waals surface area contributed by atoms with Gasteiger partial charge in [-0.2, -0.15) is 0 Å². The van der Waals surface area contributed by atoms with Crippen molar-refractivity contribution in [2.75, 3.05) is 6.54 Å². The Morgan fingerprint density at radius 2 is 2.33 bits per heavy atom. The predicted octanol–water partition coefficient (Wildman–Crippen LogP) is 2.90. The maximum absolute atomic E-state index is 5.76. The van der Waals surface area contributed by atoms with Crippen LogP contribution in [-0.4, -0.2) is 16.5 Å². The first-order valence-electron chi connectivity index (χ1n) is 6.30. The van der Waals surface area contributed by atoms with E-state index in [4.69, 9.17) is 10.7 Å². The molecule has 2 aromatic rings. The van der Waals surface area contributed by atoms with Crippen molar-refractivity contribution in [3.8, 4) is 11.4 Å². The van der Waals surface area contributed by atoms with Crippen molar-refractivity contribution in [1.29, 1.82) is 0 Å². The Labute approximate surface area is 115 Å². The van der Waals surface area contributed by atoms with E-state index in [0.29, 0.717) is 5.92 Å². The first-order valence-corrected chi connectivity index (χ1v) is 7.09. The van der Waals surface area contributed by atoms with Crippen LogP contribution in [0.5, 0.6) is 0 Å². The molecular weight excluding hydrogens is 290 g/mol. The van der Waals surface area contributed by atoms with Gasteiger partial charge in [0.1, 0.15) is 5.82 Å². The molecule has 1 unspecified atom stereocenters. The number of benzene rings is 1. The standard InChI is InChI=1S/C14H16BrN3/c15-11-3-1-2-10(7-11)14-17-12-5-4-9(8-16)6-13(12)18-14/h1-3,7,9H,4-6,8,16H2,(H,17,18). The van der Waals surface area contributed by atoms with Crippen molar-refractivity contribution in [2.24, 2.45) is 11.7 Å². The van der Waals surface area contributed by atoms with Gasteiger partial charge in [-0.1, -0.05) is 28.1 Å². The molecule has 94 valence electrons. The van der Waals surface area contributed by atoms with Crippen molar-refractivity contribution in [2.45, 2.75) is 19.3 Å². The molecule has 3 N–H and O–H groups in total. The van der Waals surface area contributed by atoms with Crippen LogP contribution < -0.4 is 5.73 Å². The van der Waals surface area contributed by atoms with E-state index in [0.717, 1.165) is 41.7 Å². The van der Waals surface area contributed by atoms with Gasteiger partial charge in [-0.25, -0.2) is 4.98 Å². The van der Waals surface area contributed by atoms with Crippen LogP contribution in [0.2, 0.25) is 0 Å². The van der Waals surface area contributed by atoms with E-state index in [9.17, 15) is 0 Å². The number of rotatable bonds is 2. The lowest BCUT2D eigenvalue weighted by atomic mass is 9.90. The van der Waals surface area contributed by atoms with Gasteiger partial charge >= 0.3 is 0 Å². The quantitative estimate of drug-likeness (QED) is 0.896. The zero-order valence-corrected chi connectivity index (χ0v) is 11.7. The summed E-state index contributed by atoms with van der Waals surface area (Å²) in [4.78, 5) is 8.17. The summed E-state index contributed by atoms with van der Waals surface area (Å²) >= 11 is 3.49. The number of hydrogen-bond acceptors (Lipinski definition) is 2. The second-order valence-electron chi connectivity index (χ2n) is 4.87. The van der Waals surface area contributed by atoms with E-state index in [1.807, 2.05) is 12.1 Å². The Bertz CT molecular complexity index is 562. The first-order chi connectivity index (χ1) is 8.76. The third-order valence-corrected chi connectivity index (χ3v) is 4.07. The summed E-state index contributed by atoms with van der Waals surface area (Å²) in [6.07, 6.45) is 3.24. The summed E-state index contributed by atoms with van der Waals surface area (Å²) < 4.78 is 1.08. The number of nitrogens with zero attached hydrogens (tertiary/aromatic N) is 1. The molecule has 1 aliphatic carbocycles. The third-order valence-electron chi connectivity index (χ3n) is 3.58. The number of aryl methyl sites for hydroxylation is 1. The second-order valence-corrected chi connectivity index (χ2v) is 5.78. The Kier molecular flexibility index (Phi) is 3.22. The number of hydrogen-bond donors (Lipinski definition) is 2. The molecule has 1 heterocycles. The highest BCUT2D eigenvalue weighted by molar-refractivity contribution is 9.10. The lowest BCUT2D eigenvalue weighted by Crippen LogP contribution is -2.22. The lowest BCUT2D eigenvalue weighted by molar-refractivity contribution is 0.461. The van der Waals surface area contributed by atoms with Crippen molar-refractivity contribution in [3.63, 3.8) is 0 Å². The molecular formula is C14H16BrN3. The first kappa shape index (κ1) is 11.9. The van der Waals surface area contributed by atoms with Gasteiger partial charge < -0.3 is 10.7 Å². The second kappa shape index (κ2) is 4.86. The Morgan fingerprint density at radius 1 is 1.44 bits per heavy atom. The highest BCUT2D eigenvalue weighted by Crippen LogP contribution is 2.27. The summed E-state index contributed by atoms with van der Waals surface area (Å²) in [7, 11) is 0. The Morgan fingerprint density at radius 3 is 3.11 bits per heavy atom. The molecule has 0 saturated heterocycles. The van der Waals surface area contributed by atoms with Gasteiger partial charge in [0.25, 0.3) is 0 Å². The summed E-state index contributed by atoms with van der Waals surface area (Å²) in [6, 6.07) is 8.22. The normalized spacial score (nSPS) is 18.7. The molecule has 1 aromatic heterocycles. The van der Waals surface area contributed by atoms with Crippen molar-refractivity contribution >= 4 is 15.9 Å². The van der Waals surface area contributed by atoms with Gasteiger partial charge in [0, 0.05) is 15.7 Å². The highest BCUT2D eigenvalue weighted by Gasteiger charge is 2.21. The number of nitrogens with two attached hydrogens (primary N) is 1. The summed E-state index contributed by atoms with van der Waals surface area (Å²) in [5, 5.41) is 0. The molecule has 1 aliphatic rings. The monoisotopic (exact) mass is 305 g/mol. The fourth-order valence-corrected chi connectivity index (χ4v) is 2.93. The number of H-pyrrole nitrogens is 1. The van der Waals surface area contributed by atoms with E-state index < -0.39 is 0 Å². The lowest BCUT2D eigenvalue weighted by Gasteiger charge is -2.18. The van der Waals surface area contributed by atoms with Crippen LogP contribution in [0.1, 0.15) is 17.8 Å². The van der Waals surface area contributed by atoms with Crippen molar-refractivity contribution in [3.05, 3.63) is 40.1 Å². The molecule has 18 heavy (non-hydrogen) atoms. The van der Waals surface area contributed by atoms with E-state index in [2.05, 4.69) is 33.0 Å².